The Kier molecular flexibility index (Phi) is 1.65. The van der Waals surface area contributed by atoms with E-state index in [0.717, 1.165) is 11.2 Å². The van der Waals surface area contributed by atoms with Crippen LogP contribution in [0.4, 0.5) is 0 Å². The lowest BCUT2D eigenvalue weighted by atomic mass is 10.3. The number of hydrogen-bond acceptors (Lipinski definition) is 3. The van der Waals surface area contributed by atoms with Crippen LogP contribution >= 0.6 is 0 Å². The van der Waals surface area contributed by atoms with Crippen molar-refractivity contribution in [2.24, 2.45) is 0 Å². The molecule has 2 aromatic heterocycles. The molecule has 0 aromatic carbocycles. The first-order valence-corrected chi connectivity index (χ1v) is 4.15. The molecule has 0 atom stereocenters. The van der Waals surface area contributed by atoms with Gasteiger partial charge in [0.15, 0.2) is 0 Å². The summed E-state index contributed by atoms with van der Waals surface area (Å²) in [6, 6.07) is 1.52. The van der Waals surface area contributed by atoms with Crippen molar-refractivity contribution in [1.29, 1.82) is 0 Å². The predicted molar refractivity (Wildman–Crippen MR) is 48.6 cm³/mol. The monoisotopic (exact) mass is 178 g/mol. The molecule has 68 valence electrons. The molecule has 1 N–H and O–H groups in total. The Bertz CT molecular complexity index is 496. The molecule has 0 fully saturated rings. The Morgan fingerprint density at radius 2 is 2.38 bits per heavy atom. The molecular formula is C8H10N4O. The van der Waals surface area contributed by atoms with Crippen LogP contribution in [0.15, 0.2) is 10.9 Å². The SMILES string of the molecule is CCn1nc2c(C)n[nH]c2cc1=O. The van der Waals surface area contributed by atoms with Gasteiger partial charge in [0.2, 0.25) is 0 Å². The second-order valence-electron chi connectivity index (χ2n) is 2.87. The standard InChI is InChI=1S/C8H10N4O/c1-3-12-7(13)4-6-8(11-12)5(2)9-10-6/h4,10H,3H2,1-2H3. The van der Waals surface area contributed by atoms with Crippen molar-refractivity contribution in [2.45, 2.75) is 20.4 Å². The summed E-state index contributed by atoms with van der Waals surface area (Å²) in [5.41, 5.74) is 2.18. The second kappa shape index (κ2) is 2.69. The number of nitrogens with zero attached hydrogens (tertiary/aromatic N) is 3. The van der Waals surface area contributed by atoms with Crippen molar-refractivity contribution < 1.29 is 0 Å². The lowest BCUT2D eigenvalue weighted by molar-refractivity contribution is 0.628. The summed E-state index contributed by atoms with van der Waals surface area (Å²) in [6.07, 6.45) is 0. The third-order valence-electron chi connectivity index (χ3n) is 1.98. The van der Waals surface area contributed by atoms with E-state index in [0.29, 0.717) is 12.1 Å². The Morgan fingerprint density at radius 3 is 3.08 bits per heavy atom. The number of fused-ring (bicyclic) bond motifs is 1. The highest BCUT2D eigenvalue weighted by atomic mass is 16.1. The molecule has 5 heteroatoms. The van der Waals surface area contributed by atoms with Crippen LogP contribution in [0.2, 0.25) is 0 Å². The van der Waals surface area contributed by atoms with Gasteiger partial charge in [-0.15, -0.1) is 0 Å². The Hall–Kier alpha value is -1.65. The largest absolute Gasteiger partial charge is 0.276 e. The van der Waals surface area contributed by atoms with Crippen molar-refractivity contribution >= 4 is 11.0 Å². The van der Waals surface area contributed by atoms with Crippen molar-refractivity contribution in [2.75, 3.05) is 0 Å². The number of H-pyrrole nitrogens is 1. The van der Waals surface area contributed by atoms with Gasteiger partial charge in [0, 0.05) is 12.6 Å². The Morgan fingerprint density at radius 1 is 1.62 bits per heavy atom. The van der Waals surface area contributed by atoms with E-state index in [1.54, 1.807) is 0 Å². The molecule has 2 aromatic rings. The molecular weight excluding hydrogens is 168 g/mol. The summed E-state index contributed by atoms with van der Waals surface area (Å²) >= 11 is 0. The minimum Gasteiger partial charge on any atom is -0.276 e. The zero-order valence-corrected chi connectivity index (χ0v) is 7.53. The van der Waals surface area contributed by atoms with E-state index in [1.807, 2.05) is 13.8 Å². The molecule has 13 heavy (non-hydrogen) atoms. The van der Waals surface area contributed by atoms with Crippen LogP contribution in [0.5, 0.6) is 0 Å². The molecule has 2 heterocycles. The summed E-state index contributed by atoms with van der Waals surface area (Å²) in [7, 11) is 0. The minimum absolute atomic E-state index is 0.0985. The van der Waals surface area contributed by atoms with E-state index in [2.05, 4.69) is 15.3 Å². The number of nitrogens with one attached hydrogen (secondary N) is 1. The van der Waals surface area contributed by atoms with Crippen molar-refractivity contribution in [3.63, 3.8) is 0 Å². The van der Waals surface area contributed by atoms with Crippen molar-refractivity contribution in [3.05, 3.63) is 22.1 Å². The van der Waals surface area contributed by atoms with Gasteiger partial charge in [0.1, 0.15) is 5.52 Å². The first kappa shape index (κ1) is 7.97. The minimum atomic E-state index is -0.0985. The first-order chi connectivity index (χ1) is 6.22. The maximum Gasteiger partial charge on any atom is 0.268 e. The Balaban J connectivity index is 2.85. The van der Waals surface area contributed by atoms with Crippen LogP contribution in [0.25, 0.3) is 11.0 Å². The number of hydrogen-bond donors (Lipinski definition) is 1. The molecule has 0 saturated heterocycles. The fourth-order valence-electron chi connectivity index (χ4n) is 1.27. The highest BCUT2D eigenvalue weighted by Crippen LogP contribution is 2.07. The summed E-state index contributed by atoms with van der Waals surface area (Å²) in [5.74, 6) is 0. The number of aromatic nitrogens is 4. The zero-order chi connectivity index (χ0) is 9.42. The third kappa shape index (κ3) is 1.12. The van der Waals surface area contributed by atoms with E-state index in [1.165, 1.54) is 10.7 Å². The van der Waals surface area contributed by atoms with Crippen LogP contribution in [-0.2, 0) is 6.54 Å². The van der Waals surface area contributed by atoms with E-state index in [4.69, 9.17) is 0 Å². The van der Waals surface area contributed by atoms with Crippen LogP contribution < -0.4 is 5.56 Å². The van der Waals surface area contributed by atoms with Gasteiger partial charge in [-0.1, -0.05) is 0 Å². The quantitative estimate of drug-likeness (QED) is 0.689. The molecule has 2 rings (SSSR count). The average molecular weight is 178 g/mol. The summed E-state index contributed by atoms with van der Waals surface area (Å²) < 4.78 is 1.42. The van der Waals surface area contributed by atoms with Gasteiger partial charge in [-0.25, -0.2) is 4.68 Å². The van der Waals surface area contributed by atoms with Gasteiger partial charge < -0.3 is 0 Å². The smallest absolute Gasteiger partial charge is 0.268 e. The topological polar surface area (TPSA) is 63.6 Å². The van der Waals surface area contributed by atoms with Gasteiger partial charge in [0.05, 0.1) is 11.2 Å². The van der Waals surface area contributed by atoms with Crippen molar-refractivity contribution in [1.82, 2.24) is 20.0 Å². The number of aryl methyl sites for hydroxylation is 2. The van der Waals surface area contributed by atoms with Crippen molar-refractivity contribution in [3.8, 4) is 0 Å². The normalized spacial score (nSPS) is 10.9. The first-order valence-electron chi connectivity index (χ1n) is 4.15. The van der Waals surface area contributed by atoms with E-state index in [-0.39, 0.29) is 5.56 Å². The average Bonchev–Trinajstić information content (AvgIpc) is 2.46. The molecule has 0 aliphatic rings. The van der Waals surface area contributed by atoms with Gasteiger partial charge in [-0.2, -0.15) is 10.2 Å². The summed E-state index contributed by atoms with van der Waals surface area (Å²) in [5, 5.41) is 10.9. The molecule has 0 saturated carbocycles. The Labute approximate surface area is 74.4 Å². The van der Waals surface area contributed by atoms with Crippen LogP contribution in [-0.4, -0.2) is 20.0 Å². The van der Waals surface area contributed by atoms with E-state index >= 15 is 0 Å². The highest BCUT2D eigenvalue weighted by molar-refractivity contribution is 5.75. The third-order valence-corrected chi connectivity index (χ3v) is 1.98. The van der Waals surface area contributed by atoms with Gasteiger partial charge in [-0.05, 0) is 13.8 Å². The second-order valence-corrected chi connectivity index (χ2v) is 2.87. The molecule has 0 radical (unpaired) electrons. The van der Waals surface area contributed by atoms with E-state index in [9.17, 15) is 4.79 Å². The molecule has 0 aliphatic carbocycles. The predicted octanol–water partition coefficient (Wildman–Crippen LogP) is 0.448. The number of rotatable bonds is 1. The fraction of sp³-hybridized carbons (Fsp3) is 0.375. The van der Waals surface area contributed by atoms with E-state index < -0.39 is 0 Å². The maximum atomic E-state index is 11.3. The van der Waals surface area contributed by atoms with Gasteiger partial charge in [-0.3, -0.25) is 9.89 Å². The fourth-order valence-corrected chi connectivity index (χ4v) is 1.27. The van der Waals surface area contributed by atoms with Gasteiger partial charge in [0.25, 0.3) is 5.56 Å². The van der Waals surface area contributed by atoms with Gasteiger partial charge >= 0.3 is 0 Å². The molecule has 0 bridgehead atoms. The van der Waals surface area contributed by atoms with Crippen LogP contribution in [0, 0.1) is 6.92 Å². The molecule has 0 aliphatic heterocycles. The molecule has 5 nitrogen and oxygen atoms in total. The van der Waals surface area contributed by atoms with Crippen LogP contribution in [0.1, 0.15) is 12.6 Å². The lowest BCUT2D eigenvalue weighted by Crippen LogP contribution is -2.20. The highest BCUT2D eigenvalue weighted by Gasteiger charge is 2.05. The zero-order valence-electron chi connectivity index (χ0n) is 7.53. The van der Waals surface area contributed by atoms with Crippen LogP contribution in [0.3, 0.4) is 0 Å². The lowest BCUT2D eigenvalue weighted by Gasteiger charge is -1.98. The molecule has 0 unspecified atom stereocenters. The maximum absolute atomic E-state index is 11.3. The summed E-state index contributed by atoms with van der Waals surface area (Å²) in [6.45, 7) is 4.32. The number of aromatic amines is 1. The molecule has 0 spiro atoms. The summed E-state index contributed by atoms with van der Waals surface area (Å²) in [4.78, 5) is 11.3. The molecule has 0 amide bonds.